The van der Waals surface area contributed by atoms with Crippen LogP contribution in [-0.2, 0) is 17.5 Å². The molecule has 0 aliphatic carbocycles. The summed E-state index contributed by atoms with van der Waals surface area (Å²) in [5.74, 6) is -0.700. The number of amides is 1. The lowest BCUT2D eigenvalue weighted by atomic mass is 9.98. The summed E-state index contributed by atoms with van der Waals surface area (Å²) in [6.07, 6.45) is -3.11. The second-order valence-corrected chi connectivity index (χ2v) is 6.87. The van der Waals surface area contributed by atoms with Crippen molar-refractivity contribution in [3.8, 4) is 17.7 Å². The summed E-state index contributed by atoms with van der Waals surface area (Å²) in [7, 11) is 1.43. The van der Waals surface area contributed by atoms with Crippen LogP contribution in [-0.4, -0.2) is 24.6 Å². The van der Waals surface area contributed by atoms with Crippen LogP contribution in [0.4, 0.5) is 13.2 Å². The number of rotatable bonds is 9. The molecule has 0 spiro atoms. The number of nitriles is 1. The number of pyridine rings is 1. The molecule has 1 amide bonds. The summed E-state index contributed by atoms with van der Waals surface area (Å²) in [5.41, 5.74) is 0.288. The molecule has 1 unspecified atom stereocenters. The van der Waals surface area contributed by atoms with Crippen LogP contribution < -0.4 is 14.8 Å². The third kappa shape index (κ3) is 6.35. The predicted molar refractivity (Wildman–Crippen MR) is 108 cm³/mol. The molecule has 2 rings (SSSR count). The maximum absolute atomic E-state index is 13.0. The second kappa shape index (κ2) is 10.7. The van der Waals surface area contributed by atoms with E-state index < -0.39 is 17.8 Å². The number of halogens is 3. The molecule has 1 aromatic carbocycles. The van der Waals surface area contributed by atoms with Gasteiger partial charge in [0.05, 0.1) is 25.2 Å². The highest BCUT2D eigenvalue weighted by Crippen LogP contribution is 2.30. The molecular formula is C22H24F3N3O3. The predicted octanol–water partition coefficient (Wildman–Crippen LogP) is 4.58. The van der Waals surface area contributed by atoms with Gasteiger partial charge in [0.1, 0.15) is 17.5 Å². The van der Waals surface area contributed by atoms with E-state index >= 15 is 0 Å². The molecule has 0 aliphatic rings. The molecule has 1 N–H and O–H groups in total. The van der Waals surface area contributed by atoms with Crippen molar-refractivity contribution in [1.82, 2.24) is 10.3 Å². The van der Waals surface area contributed by atoms with E-state index in [0.29, 0.717) is 28.9 Å². The van der Waals surface area contributed by atoms with Gasteiger partial charge in [-0.2, -0.15) is 18.4 Å². The first kappa shape index (κ1) is 24.0. The largest absolute Gasteiger partial charge is 0.495 e. The maximum Gasteiger partial charge on any atom is 0.433 e. The summed E-state index contributed by atoms with van der Waals surface area (Å²) in [6, 6.07) is 8.96. The van der Waals surface area contributed by atoms with Crippen molar-refractivity contribution in [2.24, 2.45) is 0 Å². The highest BCUT2D eigenvalue weighted by molar-refractivity contribution is 5.83. The number of ether oxygens (including phenoxy) is 2. The molecule has 2 aromatic rings. The molecule has 0 fully saturated rings. The zero-order valence-electron chi connectivity index (χ0n) is 17.5. The van der Waals surface area contributed by atoms with Crippen LogP contribution in [0.5, 0.6) is 11.6 Å². The monoisotopic (exact) mass is 435 g/mol. The van der Waals surface area contributed by atoms with E-state index in [-0.39, 0.29) is 24.9 Å². The van der Waals surface area contributed by atoms with Crippen molar-refractivity contribution >= 4 is 5.91 Å². The fraction of sp³-hybridized carbons (Fsp3) is 0.409. The average Bonchev–Trinajstić information content (AvgIpc) is 2.76. The van der Waals surface area contributed by atoms with Gasteiger partial charge in [-0.05, 0) is 43.2 Å². The first-order valence-electron chi connectivity index (χ1n) is 9.76. The van der Waals surface area contributed by atoms with Crippen LogP contribution in [0, 0.1) is 11.3 Å². The van der Waals surface area contributed by atoms with Crippen LogP contribution in [0.25, 0.3) is 0 Å². The first-order valence-corrected chi connectivity index (χ1v) is 9.76. The van der Waals surface area contributed by atoms with Crippen molar-refractivity contribution in [2.45, 2.75) is 45.3 Å². The lowest BCUT2D eigenvalue weighted by Gasteiger charge is -2.16. The van der Waals surface area contributed by atoms with Crippen LogP contribution in [0.3, 0.4) is 0 Å². The van der Waals surface area contributed by atoms with E-state index in [1.54, 1.807) is 25.1 Å². The van der Waals surface area contributed by atoms with Gasteiger partial charge in [0, 0.05) is 12.1 Å². The first-order chi connectivity index (χ1) is 14.7. The number of unbranched alkanes of at least 4 members (excludes halogenated alkanes) is 1. The molecule has 1 heterocycles. The summed E-state index contributed by atoms with van der Waals surface area (Å²) in [4.78, 5) is 16.2. The Bertz CT molecular complexity index is 955. The Morgan fingerprint density at radius 3 is 2.65 bits per heavy atom. The Balaban J connectivity index is 2.15. The van der Waals surface area contributed by atoms with Crippen molar-refractivity contribution in [3.63, 3.8) is 0 Å². The van der Waals surface area contributed by atoms with Gasteiger partial charge >= 0.3 is 6.18 Å². The number of carbonyl (C=O) groups excluding carboxylic acids is 1. The number of carbonyl (C=O) groups is 1. The highest BCUT2D eigenvalue weighted by Gasteiger charge is 2.33. The topological polar surface area (TPSA) is 84.2 Å². The fourth-order valence-electron chi connectivity index (χ4n) is 2.76. The SMILES string of the molecule is CCCCOc1nc(C(F)(F)F)ccc1CNC(=O)C(C)c1ccc(C#N)c(OC)c1. The van der Waals surface area contributed by atoms with E-state index in [4.69, 9.17) is 14.7 Å². The molecular weight excluding hydrogens is 411 g/mol. The van der Waals surface area contributed by atoms with E-state index in [9.17, 15) is 18.0 Å². The van der Waals surface area contributed by atoms with Crippen LogP contribution >= 0.6 is 0 Å². The van der Waals surface area contributed by atoms with Gasteiger partial charge in [-0.3, -0.25) is 4.79 Å². The Kier molecular flexibility index (Phi) is 8.25. The van der Waals surface area contributed by atoms with E-state index in [0.717, 1.165) is 12.5 Å². The summed E-state index contributed by atoms with van der Waals surface area (Å²) >= 11 is 0. The van der Waals surface area contributed by atoms with Gasteiger partial charge < -0.3 is 14.8 Å². The van der Waals surface area contributed by atoms with E-state index in [2.05, 4.69) is 10.3 Å². The van der Waals surface area contributed by atoms with Crippen LogP contribution in [0.1, 0.15) is 55.0 Å². The lowest BCUT2D eigenvalue weighted by molar-refractivity contribution is -0.141. The number of aromatic nitrogens is 1. The number of hydrogen-bond donors (Lipinski definition) is 1. The summed E-state index contributed by atoms with van der Waals surface area (Å²) in [5, 5.41) is 11.8. The van der Waals surface area contributed by atoms with Gasteiger partial charge in [-0.1, -0.05) is 19.4 Å². The Labute approximate surface area is 179 Å². The molecule has 1 aromatic heterocycles. The molecule has 0 saturated carbocycles. The number of benzene rings is 1. The fourth-order valence-corrected chi connectivity index (χ4v) is 2.76. The zero-order chi connectivity index (χ0) is 23.0. The van der Waals surface area contributed by atoms with Gasteiger partial charge in [-0.25, -0.2) is 4.98 Å². The molecule has 0 saturated heterocycles. The number of nitrogens with zero attached hydrogens (tertiary/aromatic N) is 2. The number of methoxy groups -OCH3 is 1. The maximum atomic E-state index is 13.0. The van der Waals surface area contributed by atoms with E-state index in [1.165, 1.54) is 13.2 Å². The Morgan fingerprint density at radius 2 is 2.03 bits per heavy atom. The van der Waals surface area contributed by atoms with E-state index in [1.807, 2.05) is 13.0 Å². The molecule has 0 radical (unpaired) electrons. The number of alkyl halides is 3. The molecule has 0 bridgehead atoms. The molecule has 31 heavy (non-hydrogen) atoms. The van der Waals surface area contributed by atoms with Gasteiger partial charge in [-0.15, -0.1) is 0 Å². The second-order valence-electron chi connectivity index (χ2n) is 6.87. The van der Waals surface area contributed by atoms with Crippen molar-refractivity contribution < 1.29 is 27.4 Å². The molecule has 166 valence electrons. The molecule has 0 aliphatic heterocycles. The summed E-state index contributed by atoms with van der Waals surface area (Å²) < 4.78 is 49.6. The minimum absolute atomic E-state index is 0.0385. The van der Waals surface area contributed by atoms with Gasteiger partial charge in [0.25, 0.3) is 0 Å². The standard InChI is InChI=1S/C22H24F3N3O3/c1-4-5-10-31-21-17(8-9-19(28-21)22(23,24)25)13-27-20(29)14(2)15-6-7-16(12-26)18(11-15)30-3/h6-9,11,14H,4-5,10,13H2,1-3H3,(H,27,29). The van der Waals surface area contributed by atoms with Gasteiger partial charge in [0.2, 0.25) is 11.8 Å². The lowest BCUT2D eigenvalue weighted by Crippen LogP contribution is -2.28. The van der Waals surface area contributed by atoms with Crippen LogP contribution in [0.2, 0.25) is 0 Å². The quantitative estimate of drug-likeness (QED) is 0.583. The third-order valence-corrected chi connectivity index (χ3v) is 4.66. The molecule has 9 heteroatoms. The smallest absolute Gasteiger partial charge is 0.433 e. The third-order valence-electron chi connectivity index (χ3n) is 4.66. The van der Waals surface area contributed by atoms with Crippen LogP contribution in [0.15, 0.2) is 30.3 Å². The normalized spacial score (nSPS) is 12.0. The summed E-state index contributed by atoms with van der Waals surface area (Å²) in [6.45, 7) is 3.81. The van der Waals surface area contributed by atoms with Crippen molar-refractivity contribution in [2.75, 3.05) is 13.7 Å². The highest BCUT2D eigenvalue weighted by atomic mass is 19.4. The van der Waals surface area contributed by atoms with Gasteiger partial charge in [0.15, 0.2) is 0 Å². The van der Waals surface area contributed by atoms with Crippen molar-refractivity contribution in [1.29, 1.82) is 5.26 Å². The molecule has 6 nitrogen and oxygen atoms in total. The molecule has 1 atom stereocenters. The zero-order valence-corrected chi connectivity index (χ0v) is 17.5. The number of hydrogen-bond acceptors (Lipinski definition) is 5. The Morgan fingerprint density at radius 1 is 1.29 bits per heavy atom. The minimum Gasteiger partial charge on any atom is -0.495 e. The van der Waals surface area contributed by atoms with Crippen molar-refractivity contribution in [3.05, 3.63) is 52.7 Å². The Hall–Kier alpha value is -3.28. The minimum atomic E-state index is -4.59. The average molecular weight is 435 g/mol. The number of nitrogens with one attached hydrogen (secondary N) is 1.